The molecule has 0 atom stereocenters. The standard InChI is InChI=1S/C13H19N5O2/c1-10(19)14-8-13(20)17-11-7-12(16-9-15-11)18-5-3-2-4-6-18/h7,9H,2-6,8H2,1H3,(H,14,19)(H,15,16,17,20). The Bertz CT molecular complexity index is 485. The average molecular weight is 277 g/mol. The van der Waals surface area contributed by atoms with E-state index in [0.29, 0.717) is 5.82 Å². The first kappa shape index (κ1) is 14.2. The van der Waals surface area contributed by atoms with Crippen LogP contribution in [0.3, 0.4) is 0 Å². The third kappa shape index (κ3) is 4.18. The van der Waals surface area contributed by atoms with Gasteiger partial charge in [-0.3, -0.25) is 9.59 Å². The van der Waals surface area contributed by atoms with E-state index in [1.807, 2.05) is 0 Å². The van der Waals surface area contributed by atoms with Crippen LogP contribution in [0.5, 0.6) is 0 Å². The van der Waals surface area contributed by atoms with Crippen LogP contribution >= 0.6 is 0 Å². The van der Waals surface area contributed by atoms with Gasteiger partial charge in [-0.25, -0.2) is 9.97 Å². The zero-order chi connectivity index (χ0) is 14.4. The summed E-state index contributed by atoms with van der Waals surface area (Å²) >= 11 is 0. The van der Waals surface area contributed by atoms with Crippen LogP contribution in [0, 0.1) is 0 Å². The maximum Gasteiger partial charge on any atom is 0.244 e. The van der Waals surface area contributed by atoms with E-state index >= 15 is 0 Å². The Morgan fingerprint density at radius 2 is 2.00 bits per heavy atom. The molecule has 0 unspecified atom stereocenters. The first-order chi connectivity index (χ1) is 9.65. The van der Waals surface area contributed by atoms with Gasteiger partial charge in [0.2, 0.25) is 11.8 Å². The summed E-state index contributed by atoms with van der Waals surface area (Å²) in [6, 6.07) is 1.76. The molecule has 1 aromatic heterocycles. The molecule has 108 valence electrons. The highest BCUT2D eigenvalue weighted by Crippen LogP contribution is 2.18. The van der Waals surface area contributed by atoms with Crippen LogP contribution < -0.4 is 15.5 Å². The fraction of sp³-hybridized carbons (Fsp3) is 0.538. The second kappa shape index (κ2) is 6.83. The molecule has 1 aliphatic heterocycles. The van der Waals surface area contributed by atoms with Gasteiger partial charge >= 0.3 is 0 Å². The average Bonchev–Trinajstić information content (AvgIpc) is 2.46. The molecule has 1 saturated heterocycles. The maximum absolute atomic E-state index is 11.6. The quantitative estimate of drug-likeness (QED) is 0.839. The van der Waals surface area contributed by atoms with Crippen molar-refractivity contribution in [2.45, 2.75) is 26.2 Å². The Balaban J connectivity index is 1.95. The molecule has 2 heterocycles. The van der Waals surface area contributed by atoms with Gasteiger partial charge in [-0.2, -0.15) is 0 Å². The SMILES string of the molecule is CC(=O)NCC(=O)Nc1cc(N2CCCCC2)ncn1. The highest BCUT2D eigenvalue weighted by Gasteiger charge is 2.13. The van der Waals surface area contributed by atoms with Crippen molar-refractivity contribution in [3.05, 3.63) is 12.4 Å². The van der Waals surface area contributed by atoms with Crippen molar-refractivity contribution in [3.8, 4) is 0 Å². The minimum atomic E-state index is -0.302. The normalized spacial score (nSPS) is 14.8. The van der Waals surface area contributed by atoms with E-state index in [0.717, 1.165) is 31.7 Å². The van der Waals surface area contributed by atoms with Crippen LogP contribution in [0.2, 0.25) is 0 Å². The molecule has 0 aromatic carbocycles. The fourth-order valence-corrected chi connectivity index (χ4v) is 2.10. The van der Waals surface area contributed by atoms with Crippen LogP contribution in [-0.4, -0.2) is 41.4 Å². The Hall–Kier alpha value is -2.18. The molecule has 7 heteroatoms. The number of nitrogens with one attached hydrogen (secondary N) is 2. The molecule has 1 aliphatic rings. The summed E-state index contributed by atoms with van der Waals surface area (Å²) in [6.45, 7) is 3.28. The van der Waals surface area contributed by atoms with Gasteiger partial charge in [0, 0.05) is 26.1 Å². The van der Waals surface area contributed by atoms with Crippen molar-refractivity contribution in [2.24, 2.45) is 0 Å². The van der Waals surface area contributed by atoms with Crippen LogP contribution in [-0.2, 0) is 9.59 Å². The van der Waals surface area contributed by atoms with Crippen molar-refractivity contribution in [1.82, 2.24) is 15.3 Å². The highest BCUT2D eigenvalue weighted by atomic mass is 16.2. The molecule has 0 spiro atoms. The number of carbonyl (C=O) groups excluding carboxylic acids is 2. The van der Waals surface area contributed by atoms with E-state index in [2.05, 4.69) is 25.5 Å². The zero-order valence-electron chi connectivity index (χ0n) is 11.6. The number of nitrogens with zero attached hydrogens (tertiary/aromatic N) is 3. The van der Waals surface area contributed by atoms with Gasteiger partial charge in [-0.05, 0) is 19.3 Å². The Labute approximate surface area is 117 Å². The smallest absolute Gasteiger partial charge is 0.244 e. The number of hydrogen-bond donors (Lipinski definition) is 2. The summed E-state index contributed by atoms with van der Waals surface area (Å²) in [5.74, 6) is 0.741. The number of aromatic nitrogens is 2. The minimum absolute atomic E-state index is 0.0572. The first-order valence-corrected chi connectivity index (χ1v) is 6.76. The lowest BCUT2D eigenvalue weighted by atomic mass is 10.1. The molecule has 2 rings (SSSR count). The molecule has 1 fully saturated rings. The van der Waals surface area contributed by atoms with Gasteiger partial charge in [-0.1, -0.05) is 0 Å². The van der Waals surface area contributed by atoms with Crippen LogP contribution in [0.15, 0.2) is 12.4 Å². The number of rotatable bonds is 4. The van der Waals surface area contributed by atoms with Crippen LogP contribution in [0.1, 0.15) is 26.2 Å². The summed E-state index contributed by atoms with van der Waals surface area (Å²) in [5.41, 5.74) is 0. The topological polar surface area (TPSA) is 87.2 Å². The number of amides is 2. The van der Waals surface area contributed by atoms with E-state index in [-0.39, 0.29) is 18.4 Å². The van der Waals surface area contributed by atoms with Crippen LogP contribution in [0.25, 0.3) is 0 Å². The summed E-state index contributed by atoms with van der Waals surface area (Å²) in [5, 5.41) is 5.08. The van der Waals surface area contributed by atoms with Crippen LogP contribution in [0.4, 0.5) is 11.6 Å². The lowest BCUT2D eigenvalue weighted by Crippen LogP contribution is -2.32. The van der Waals surface area contributed by atoms with E-state index in [9.17, 15) is 9.59 Å². The second-order valence-corrected chi connectivity index (χ2v) is 4.77. The fourth-order valence-electron chi connectivity index (χ4n) is 2.10. The van der Waals surface area contributed by atoms with E-state index in [1.54, 1.807) is 6.07 Å². The number of carbonyl (C=O) groups is 2. The molecule has 0 saturated carbocycles. The molecule has 0 aliphatic carbocycles. The van der Waals surface area contributed by atoms with Gasteiger partial charge in [-0.15, -0.1) is 0 Å². The Morgan fingerprint density at radius 1 is 1.25 bits per heavy atom. The van der Waals surface area contributed by atoms with E-state index in [4.69, 9.17) is 0 Å². The zero-order valence-corrected chi connectivity index (χ0v) is 11.6. The van der Waals surface area contributed by atoms with Crippen molar-refractivity contribution in [2.75, 3.05) is 29.9 Å². The third-order valence-electron chi connectivity index (χ3n) is 3.10. The van der Waals surface area contributed by atoms with Gasteiger partial charge in [0.1, 0.15) is 18.0 Å². The van der Waals surface area contributed by atoms with Gasteiger partial charge < -0.3 is 15.5 Å². The summed E-state index contributed by atoms with van der Waals surface area (Å²) in [4.78, 5) is 32.8. The lowest BCUT2D eigenvalue weighted by Gasteiger charge is -2.27. The Morgan fingerprint density at radius 3 is 2.70 bits per heavy atom. The number of hydrogen-bond acceptors (Lipinski definition) is 5. The van der Waals surface area contributed by atoms with Crippen molar-refractivity contribution >= 4 is 23.5 Å². The molecule has 2 N–H and O–H groups in total. The van der Waals surface area contributed by atoms with Crippen molar-refractivity contribution < 1.29 is 9.59 Å². The molecule has 1 aromatic rings. The maximum atomic E-state index is 11.6. The minimum Gasteiger partial charge on any atom is -0.356 e. The molecular formula is C13H19N5O2. The van der Waals surface area contributed by atoms with Crippen molar-refractivity contribution in [3.63, 3.8) is 0 Å². The molecule has 0 bridgehead atoms. The van der Waals surface area contributed by atoms with Gasteiger partial charge in [0.05, 0.1) is 6.54 Å². The van der Waals surface area contributed by atoms with E-state index < -0.39 is 0 Å². The number of anilines is 2. The van der Waals surface area contributed by atoms with E-state index in [1.165, 1.54) is 19.7 Å². The monoisotopic (exact) mass is 277 g/mol. The summed E-state index contributed by atoms with van der Waals surface area (Å²) < 4.78 is 0. The molecule has 2 amide bonds. The van der Waals surface area contributed by atoms with Crippen molar-refractivity contribution in [1.29, 1.82) is 0 Å². The molecule has 20 heavy (non-hydrogen) atoms. The van der Waals surface area contributed by atoms with Gasteiger partial charge in [0.25, 0.3) is 0 Å². The number of piperidine rings is 1. The van der Waals surface area contributed by atoms with Gasteiger partial charge in [0.15, 0.2) is 0 Å². The Kier molecular flexibility index (Phi) is 4.86. The highest BCUT2D eigenvalue weighted by molar-refractivity contribution is 5.93. The second-order valence-electron chi connectivity index (χ2n) is 4.77. The summed E-state index contributed by atoms with van der Waals surface area (Å²) in [6.07, 6.45) is 5.02. The predicted octanol–water partition coefficient (Wildman–Crippen LogP) is 0.541. The third-order valence-corrected chi connectivity index (χ3v) is 3.10. The first-order valence-electron chi connectivity index (χ1n) is 6.76. The molecule has 0 radical (unpaired) electrons. The predicted molar refractivity (Wildman–Crippen MR) is 75.4 cm³/mol. The summed E-state index contributed by atoms with van der Waals surface area (Å²) in [7, 11) is 0. The molecule has 7 nitrogen and oxygen atoms in total. The largest absolute Gasteiger partial charge is 0.356 e. The molecular weight excluding hydrogens is 258 g/mol. The lowest BCUT2D eigenvalue weighted by molar-refractivity contribution is -0.122.